The van der Waals surface area contributed by atoms with E-state index in [1.165, 1.54) is 37.7 Å². The zero-order valence-corrected chi connectivity index (χ0v) is 17.2. The second kappa shape index (κ2) is 8.47. The van der Waals surface area contributed by atoms with Crippen LogP contribution in [0.25, 0.3) is 0 Å². The Bertz CT molecular complexity index is 576. The molecule has 2 atom stereocenters. The van der Waals surface area contributed by atoms with Gasteiger partial charge in [-0.25, -0.2) is 0 Å². The van der Waals surface area contributed by atoms with E-state index in [4.69, 9.17) is 4.74 Å². The zero-order chi connectivity index (χ0) is 18.6. The van der Waals surface area contributed by atoms with Gasteiger partial charge >= 0.3 is 0 Å². The Morgan fingerprint density at radius 3 is 2.48 bits per heavy atom. The van der Waals surface area contributed by atoms with Crippen molar-refractivity contribution in [2.45, 2.75) is 98.5 Å². The highest BCUT2D eigenvalue weighted by Gasteiger charge is 2.33. The molecule has 1 aliphatic rings. The molecule has 142 valence electrons. The number of benzene rings is 1. The fourth-order valence-corrected chi connectivity index (χ4v) is 4.09. The first kappa shape index (κ1) is 20.1. The summed E-state index contributed by atoms with van der Waals surface area (Å²) in [5.41, 5.74) is 3.20. The van der Waals surface area contributed by atoms with Crippen LogP contribution < -0.4 is 4.74 Å². The molecule has 0 saturated heterocycles. The molecule has 1 aromatic rings. The van der Waals surface area contributed by atoms with E-state index in [2.05, 4.69) is 27.7 Å². The normalized spacial score (nSPS) is 21.1. The van der Waals surface area contributed by atoms with Crippen molar-refractivity contribution in [3.63, 3.8) is 0 Å². The van der Waals surface area contributed by atoms with Gasteiger partial charge in [0.25, 0.3) is 0 Å². The Hall–Kier alpha value is -1.18. The number of hydrogen-bond donors (Lipinski definition) is 1. The van der Waals surface area contributed by atoms with Crippen molar-refractivity contribution in [3.05, 3.63) is 22.8 Å². The SMILES string of the molecule is Cc1cc(O)c(C)c2c1O[C@](C)(CCC[C@H](C)CCCC(C)C)CC2. The molecule has 1 heterocycles. The average Bonchev–Trinajstić information content (AvgIpc) is 2.52. The highest BCUT2D eigenvalue weighted by molar-refractivity contribution is 5.53. The van der Waals surface area contributed by atoms with Crippen LogP contribution in [0.5, 0.6) is 11.5 Å². The Balaban J connectivity index is 1.86. The number of aryl methyl sites for hydroxylation is 1. The van der Waals surface area contributed by atoms with E-state index in [1.54, 1.807) is 0 Å². The molecule has 2 nitrogen and oxygen atoms in total. The quantitative estimate of drug-likeness (QED) is 0.565. The van der Waals surface area contributed by atoms with Crippen molar-refractivity contribution in [3.8, 4) is 11.5 Å². The predicted octanol–water partition coefficient (Wildman–Crippen LogP) is 6.73. The van der Waals surface area contributed by atoms with Crippen LogP contribution >= 0.6 is 0 Å². The Morgan fingerprint density at radius 2 is 1.80 bits per heavy atom. The van der Waals surface area contributed by atoms with Gasteiger partial charge in [0.1, 0.15) is 17.1 Å². The zero-order valence-electron chi connectivity index (χ0n) is 17.2. The molecular formula is C23H38O2. The molecule has 1 aliphatic heterocycles. The summed E-state index contributed by atoms with van der Waals surface area (Å²) in [6.45, 7) is 13.3. The molecule has 0 aliphatic carbocycles. The first-order chi connectivity index (χ1) is 11.7. The van der Waals surface area contributed by atoms with Crippen molar-refractivity contribution in [1.29, 1.82) is 0 Å². The summed E-state index contributed by atoms with van der Waals surface area (Å²) >= 11 is 0. The van der Waals surface area contributed by atoms with Crippen LogP contribution in [0.1, 0.15) is 89.3 Å². The number of rotatable bonds is 8. The van der Waals surface area contributed by atoms with Crippen molar-refractivity contribution < 1.29 is 9.84 Å². The highest BCUT2D eigenvalue weighted by atomic mass is 16.5. The van der Waals surface area contributed by atoms with Gasteiger partial charge in [-0.05, 0) is 75.5 Å². The molecule has 2 rings (SSSR count). The minimum atomic E-state index is -0.0567. The number of hydrogen-bond acceptors (Lipinski definition) is 2. The van der Waals surface area contributed by atoms with Gasteiger partial charge in [0.05, 0.1) is 0 Å². The van der Waals surface area contributed by atoms with Crippen molar-refractivity contribution in [1.82, 2.24) is 0 Å². The first-order valence-electron chi connectivity index (χ1n) is 10.2. The molecule has 0 spiro atoms. The van der Waals surface area contributed by atoms with Crippen molar-refractivity contribution >= 4 is 0 Å². The monoisotopic (exact) mass is 346 g/mol. The van der Waals surface area contributed by atoms with E-state index in [-0.39, 0.29) is 5.60 Å². The summed E-state index contributed by atoms with van der Waals surface area (Å²) in [6, 6.07) is 1.84. The molecule has 0 unspecified atom stereocenters. The molecular weight excluding hydrogens is 308 g/mol. The lowest BCUT2D eigenvalue weighted by molar-refractivity contribution is 0.0512. The maximum Gasteiger partial charge on any atom is 0.126 e. The van der Waals surface area contributed by atoms with Gasteiger partial charge in [-0.2, -0.15) is 0 Å². The molecule has 1 N–H and O–H groups in total. The number of fused-ring (bicyclic) bond motifs is 1. The largest absolute Gasteiger partial charge is 0.508 e. The van der Waals surface area contributed by atoms with Crippen LogP contribution in [-0.4, -0.2) is 10.7 Å². The summed E-state index contributed by atoms with van der Waals surface area (Å²) in [4.78, 5) is 0. The van der Waals surface area contributed by atoms with Crippen LogP contribution in [0.3, 0.4) is 0 Å². The Morgan fingerprint density at radius 1 is 1.12 bits per heavy atom. The second-order valence-electron chi connectivity index (χ2n) is 9.02. The van der Waals surface area contributed by atoms with Gasteiger partial charge in [0.2, 0.25) is 0 Å². The van der Waals surface area contributed by atoms with E-state index >= 15 is 0 Å². The number of ether oxygens (including phenoxy) is 1. The maximum atomic E-state index is 10.0. The average molecular weight is 347 g/mol. The molecule has 25 heavy (non-hydrogen) atoms. The van der Waals surface area contributed by atoms with Gasteiger partial charge in [-0.1, -0.05) is 46.5 Å². The molecule has 0 saturated carbocycles. The summed E-state index contributed by atoms with van der Waals surface area (Å²) in [7, 11) is 0. The first-order valence-corrected chi connectivity index (χ1v) is 10.2. The molecule has 0 aromatic heterocycles. The van der Waals surface area contributed by atoms with Crippen LogP contribution in [0.15, 0.2) is 6.07 Å². The fourth-order valence-electron chi connectivity index (χ4n) is 4.09. The molecule has 1 aromatic carbocycles. The minimum Gasteiger partial charge on any atom is -0.508 e. The Labute approximate surface area is 155 Å². The van der Waals surface area contributed by atoms with Crippen LogP contribution in [-0.2, 0) is 6.42 Å². The highest BCUT2D eigenvalue weighted by Crippen LogP contribution is 2.42. The number of aromatic hydroxyl groups is 1. The maximum absolute atomic E-state index is 10.0. The minimum absolute atomic E-state index is 0.0567. The van der Waals surface area contributed by atoms with Crippen LogP contribution in [0.2, 0.25) is 0 Å². The third kappa shape index (κ3) is 5.39. The third-order valence-corrected chi connectivity index (χ3v) is 5.96. The van der Waals surface area contributed by atoms with Crippen LogP contribution in [0.4, 0.5) is 0 Å². The molecule has 2 heteroatoms. The smallest absolute Gasteiger partial charge is 0.126 e. The van der Waals surface area contributed by atoms with E-state index < -0.39 is 0 Å². The van der Waals surface area contributed by atoms with Gasteiger partial charge in [-0.15, -0.1) is 0 Å². The molecule has 0 fully saturated rings. The summed E-state index contributed by atoms with van der Waals surface area (Å²) in [5, 5.41) is 10.0. The Kier molecular flexibility index (Phi) is 6.82. The third-order valence-electron chi connectivity index (χ3n) is 5.96. The van der Waals surface area contributed by atoms with Crippen molar-refractivity contribution in [2.75, 3.05) is 0 Å². The standard InChI is InChI=1S/C23H38O2/c1-16(2)9-7-10-17(3)11-8-13-23(6)14-12-20-19(5)21(24)15-18(4)22(20)25-23/h15-17,24H,7-14H2,1-6H3/t17-,23-/m1/s1. The lowest BCUT2D eigenvalue weighted by atomic mass is 9.84. The van der Waals surface area contributed by atoms with Crippen LogP contribution in [0, 0.1) is 25.7 Å². The van der Waals surface area contributed by atoms with E-state index in [0.29, 0.717) is 5.75 Å². The summed E-state index contributed by atoms with van der Waals surface area (Å²) in [6.07, 6.45) is 9.80. The number of phenolic OH excluding ortho intramolecular Hbond substituents is 1. The summed E-state index contributed by atoms with van der Waals surface area (Å²) in [5.74, 6) is 3.07. The summed E-state index contributed by atoms with van der Waals surface area (Å²) < 4.78 is 6.47. The van der Waals surface area contributed by atoms with E-state index in [1.807, 2.05) is 19.9 Å². The molecule has 0 amide bonds. The van der Waals surface area contributed by atoms with Gasteiger partial charge < -0.3 is 9.84 Å². The van der Waals surface area contributed by atoms with Gasteiger partial charge in [-0.3, -0.25) is 0 Å². The lowest BCUT2D eigenvalue weighted by Crippen LogP contribution is -2.37. The molecule has 0 radical (unpaired) electrons. The van der Waals surface area contributed by atoms with Gasteiger partial charge in [0, 0.05) is 5.56 Å². The second-order valence-corrected chi connectivity index (χ2v) is 9.02. The topological polar surface area (TPSA) is 29.5 Å². The van der Waals surface area contributed by atoms with Gasteiger partial charge in [0.15, 0.2) is 0 Å². The van der Waals surface area contributed by atoms with Crippen molar-refractivity contribution in [2.24, 2.45) is 11.8 Å². The van der Waals surface area contributed by atoms with E-state index in [0.717, 1.165) is 48.0 Å². The lowest BCUT2D eigenvalue weighted by Gasteiger charge is -2.37. The molecule has 0 bridgehead atoms. The van der Waals surface area contributed by atoms with E-state index in [9.17, 15) is 5.11 Å². The fraction of sp³-hybridized carbons (Fsp3) is 0.739. The predicted molar refractivity (Wildman–Crippen MR) is 107 cm³/mol. The number of phenols is 1.